The smallest absolute Gasteiger partial charge is 0.333 e. The molecule has 210 valence electrons. The van der Waals surface area contributed by atoms with Crippen molar-refractivity contribution in [3.63, 3.8) is 0 Å². The molecule has 0 bridgehead atoms. The first-order valence-electron chi connectivity index (χ1n) is 14.3. The Morgan fingerprint density at radius 2 is 0.952 bits per heavy atom. The molecule has 0 aliphatic rings. The molecule has 0 saturated carbocycles. The van der Waals surface area contributed by atoms with Gasteiger partial charge in [0.15, 0.2) is 0 Å². The van der Waals surface area contributed by atoms with E-state index in [0.29, 0.717) is 5.75 Å². The molecule has 4 heteroatoms. The summed E-state index contributed by atoms with van der Waals surface area (Å²) in [4.78, 5) is 13.5. The standard InChI is InChI=1S/C38H35NO3/c1-4-28-7-11-30(12-8-28)32-15-19-34(20-16-32)39(36-23-25-37(26-24-36)41-27-42-38(40)6-3)35-21-17-33(18-22-35)31-13-9-29(5-2)10-14-31/h6-26H,3-5,27H2,1-2H3. The van der Waals surface area contributed by atoms with Gasteiger partial charge >= 0.3 is 5.97 Å². The first kappa shape index (κ1) is 28.4. The van der Waals surface area contributed by atoms with Crippen molar-refractivity contribution in [2.75, 3.05) is 11.7 Å². The molecule has 4 nitrogen and oxygen atoms in total. The zero-order valence-corrected chi connectivity index (χ0v) is 24.1. The predicted molar refractivity (Wildman–Crippen MR) is 173 cm³/mol. The second kappa shape index (κ2) is 13.5. The van der Waals surface area contributed by atoms with Gasteiger partial charge in [0.2, 0.25) is 6.79 Å². The minimum atomic E-state index is -0.521. The molecule has 0 fully saturated rings. The van der Waals surface area contributed by atoms with E-state index in [9.17, 15) is 4.79 Å². The molecule has 0 unspecified atom stereocenters. The number of rotatable bonds is 11. The van der Waals surface area contributed by atoms with Gasteiger partial charge in [-0.1, -0.05) is 93.2 Å². The van der Waals surface area contributed by atoms with Crippen molar-refractivity contribution in [2.24, 2.45) is 0 Å². The molecule has 5 rings (SSSR count). The number of nitrogens with zero attached hydrogens (tertiary/aromatic N) is 1. The summed E-state index contributed by atoms with van der Waals surface area (Å²) in [7, 11) is 0. The van der Waals surface area contributed by atoms with Gasteiger partial charge in [-0.3, -0.25) is 0 Å². The Bertz CT molecular complexity index is 1510. The first-order chi connectivity index (χ1) is 20.6. The maximum atomic E-state index is 11.3. The lowest BCUT2D eigenvalue weighted by atomic mass is 10.0. The number of carbonyl (C=O) groups is 1. The van der Waals surface area contributed by atoms with E-state index in [2.05, 4.69) is 122 Å². The van der Waals surface area contributed by atoms with Gasteiger partial charge in [-0.15, -0.1) is 0 Å². The van der Waals surface area contributed by atoms with E-state index in [0.717, 1.165) is 36.0 Å². The van der Waals surface area contributed by atoms with Gasteiger partial charge in [0.1, 0.15) is 5.75 Å². The summed E-state index contributed by atoms with van der Waals surface area (Å²) in [5.41, 5.74) is 10.5. The number of carbonyl (C=O) groups excluding carboxylic acids is 1. The van der Waals surface area contributed by atoms with Crippen LogP contribution in [0.1, 0.15) is 25.0 Å². The third-order valence-corrected chi connectivity index (χ3v) is 7.33. The average molecular weight is 554 g/mol. The Morgan fingerprint density at radius 3 is 1.31 bits per heavy atom. The zero-order valence-electron chi connectivity index (χ0n) is 24.1. The van der Waals surface area contributed by atoms with Crippen LogP contribution in [0.2, 0.25) is 0 Å². The Balaban J connectivity index is 1.44. The van der Waals surface area contributed by atoms with Crippen LogP contribution in [0.5, 0.6) is 5.75 Å². The van der Waals surface area contributed by atoms with Crippen LogP contribution in [0.25, 0.3) is 22.3 Å². The van der Waals surface area contributed by atoms with Crippen molar-refractivity contribution in [1.82, 2.24) is 0 Å². The summed E-state index contributed by atoms with van der Waals surface area (Å²) >= 11 is 0. The van der Waals surface area contributed by atoms with Gasteiger partial charge in [0.05, 0.1) is 0 Å². The van der Waals surface area contributed by atoms with Crippen LogP contribution in [0, 0.1) is 0 Å². The molecule has 0 aliphatic heterocycles. The monoisotopic (exact) mass is 553 g/mol. The molecule has 5 aromatic carbocycles. The number of hydrogen-bond acceptors (Lipinski definition) is 4. The Labute approximate surface area is 248 Å². The number of hydrogen-bond donors (Lipinski definition) is 0. The number of aryl methyl sites for hydroxylation is 2. The molecule has 0 amide bonds. The second-order valence-electron chi connectivity index (χ2n) is 9.95. The third kappa shape index (κ3) is 6.79. The van der Waals surface area contributed by atoms with Crippen LogP contribution in [0.4, 0.5) is 17.1 Å². The SMILES string of the molecule is C=CC(=O)OCOc1ccc(N(c2ccc(-c3ccc(CC)cc3)cc2)c2ccc(-c3ccc(CC)cc3)cc2)cc1. The summed E-state index contributed by atoms with van der Waals surface area (Å²) in [5, 5.41) is 0. The maximum Gasteiger partial charge on any atom is 0.333 e. The number of anilines is 3. The molecule has 0 aliphatic carbocycles. The number of esters is 1. The lowest BCUT2D eigenvalue weighted by Gasteiger charge is -2.26. The Kier molecular flexibility index (Phi) is 9.15. The number of benzene rings is 5. The summed E-state index contributed by atoms with van der Waals surface area (Å²) in [6.45, 7) is 7.57. The van der Waals surface area contributed by atoms with Gasteiger partial charge in [0, 0.05) is 23.1 Å². The van der Waals surface area contributed by atoms with Crippen LogP contribution < -0.4 is 9.64 Å². The Morgan fingerprint density at radius 1 is 0.595 bits per heavy atom. The lowest BCUT2D eigenvalue weighted by molar-refractivity contribution is -0.144. The van der Waals surface area contributed by atoms with Crippen molar-refractivity contribution in [3.05, 3.63) is 145 Å². The van der Waals surface area contributed by atoms with Crippen molar-refractivity contribution < 1.29 is 14.3 Å². The molecule has 42 heavy (non-hydrogen) atoms. The van der Waals surface area contributed by atoms with Gasteiger partial charge in [0.25, 0.3) is 0 Å². The van der Waals surface area contributed by atoms with Crippen molar-refractivity contribution in [1.29, 1.82) is 0 Å². The van der Waals surface area contributed by atoms with Crippen molar-refractivity contribution >= 4 is 23.0 Å². The van der Waals surface area contributed by atoms with Crippen LogP contribution >= 0.6 is 0 Å². The summed E-state index contributed by atoms with van der Waals surface area (Å²) in [5.74, 6) is 0.0830. The second-order valence-corrected chi connectivity index (χ2v) is 9.95. The quantitative estimate of drug-likeness (QED) is 0.0927. The van der Waals surface area contributed by atoms with Crippen LogP contribution in [-0.4, -0.2) is 12.8 Å². The highest BCUT2D eigenvalue weighted by molar-refractivity contribution is 5.81. The average Bonchev–Trinajstić information content (AvgIpc) is 3.06. The fraction of sp³-hybridized carbons (Fsp3) is 0.132. The third-order valence-electron chi connectivity index (χ3n) is 7.33. The Hall–Kier alpha value is -5.09. The van der Waals surface area contributed by atoms with Crippen LogP contribution in [0.3, 0.4) is 0 Å². The predicted octanol–water partition coefficient (Wildman–Crippen LogP) is 9.68. The van der Waals surface area contributed by atoms with E-state index in [1.807, 2.05) is 24.3 Å². The number of ether oxygens (including phenoxy) is 2. The fourth-order valence-electron chi connectivity index (χ4n) is 4.82. The first-order valence-corrected chi connectivity index (χ1v) is 14.3. The summed E-state index contributed by atoms with van der Waals surface area (Å²) in [6.07, 6.45) is 3.17. The summed E-state index contributed by atoms with van der Waals surface area (Å²) in [6, 6.07) is 42.5. The summed E-state index contributed by atoms with van der Waals surface area (Å²) < 4.78 is 10.5. The largest absolute Gasteiger partial charge is 0.457 e. The lowest BCUT2D eigenvalue weighted by Crippen LogP contribution is -2.10. The normalized spacial score (nSPS) is 10.6. The fourth-order valence-corrected chi connectivity index (χ4v) is 4.82. The van der Waals surface area contributed by atoms with Gasteiger partial charge in [-0.05, 0) is 94.8 Å². The molecule has 5 aromatic rings. The van der Waals surface area contributed by atoms with Gasteiger partial charge in [-0.2, -0.15) is 0 Å². The molecule has 0 saturated heterocycles. The maximum absolute atomic E-state index is 11.3. The molecule has 0 N–H and O–H groups in total. The van der Waals surface area contributed by atoms with E-state index in [4.69, 9.17) is 9.47 Å². The van der Waals surface area contributed by atoms with E-state index >= 15 is 0 Å². The van der Waals surface area contributed by atoms with E-state index in [-0.39, 0.29) is 6.79 Å². The highest BCUT2D eigenvalue weighted by Crippen LogP contribution is 2.37. The minimum absolute atomic E-state index is 0.171. The highest BCUT2D eigenvalue weighted by Gasteiger charge is 2.14. The molecular weight excluding hydrogens is 518 g/mol. The minimum Gasteiger partial charge on any atom is -0.457 e. The highest BCUT2D eigenvalue weighted by atomic mass is 16.7. The topological polar surface area (TPSA) is 38.8 Å². The van der Waals surface area contributed by atoms with Gasteiger partial charge < -0.3 is 14.4 Å². The van der Waals surface area contributed by atoms with E-state index in [1.54, 1.807) is 0 Å². The molecule has 0 radical (unpaired) electrons. The van der Waals surface area contributed by atoms with E-state index < -0.39 is 5.97 Å². The molecule has 0 heterocycles. The molecular formula is C38H35NO3. The van der Waals surface area contributed by atoms with Crippen molar-refractivity contribution in [3.8, 4) is 28.0 Å². The molecule has 0 aromatic heterocycles. The van der Waals surface area contributed by atoms with Crippen molar-refractivity contribution in [2.45, 2.75) is 26.7 Å². The van der Waals surface area contributed by atoms with Gasteiger partial charge in [-0.25, -0.2) is 4.79 Å². The van der Waals surface area contributed by atoms with Crippen LogP contribution in [0.15, 0.2) is 134 Å². The molecule has 0 spiro atoms. The van der Waals surface area contributed by atoms with E-state index in [1.165, 1.54) is 33.4 Å². The molecule has 0 atom stereocenters. The van der Waals surface area contributed by atoms with Crippen LogP contribution in [-0.2, 0) is 22.4 Å². The zero-order chi connectivity index (χ0) is 29.3.